The monoisotopic (exact) mass is 383 g/mol. The van der Waals surface area contributed by atoms with Crippen molar-refractivity contribution in [1.82, 2.24) is 4.57 Å². The van der Waals surface area contributed by atoms with Crippen molar-refractivity contribution >= 4 is 10.9 Å². The van der Waals surface area contributed by atoms with Crippen molar-refractivity contribution in [2.24, 2.45) is 0 Å². The number of benzene rings is 2. The quantitative estimate of drug-likeness (QED) is 0.548. The van der Waals surface area contributed by atoms with Gasteiger partial charge in [-0.05, 0) is 36.1 Å². The highest BCUT2D eigenvalue weighted by Gasteiger charge is 2.44. The summed E-state index contributed by atoms with van der Waals surface area (Å²) in [5.74, 6) is 0. The van der Waals surface area contributed by atoms with Gasteiger partial charge in [0.05, 0.1) is 12.1 Å². The third-order valence-electron chi connectivity index (χ3n) is 5.45. The first-order chi connectivity index (χ1) is 13.5. The molecule has 1 aromatic heterocycles. The SMILES string of the molecule is Cc1ccc2c(Cc3ccccc3)cn([C@@H]3O[C@H](CO)[C@@H](O)[C@H](O)[C@H]3O)c2c1. The number of aromatic nitrogens is 1. The molecule has 5 atom stereocenters. The van der Waals surface area contributed by atoms with Gasteiger partial charge >= 0.3 is 0 Å². The number of aliphatic hydroxyl groups excluding tert-OH is 4. The smallest absolute Gasteiger partial charge is 0.163 e. The molecule has 0 amide bonds. The summed E-state index contributed by atoms with van der Waals surface area (Å²) in [5.41, 5.74) is 4.16. The summed E-state index contributed by atoms with van der Waals surface area (Å²) in [6.07, 6.45) is -3.32. The third kappa shape index (κ3) is 3.34. The Labute approximate surface area is 163 Å². The van der Waals surface area contributed by atoms with E-state index in [0.29, 0.717) is 6.42 Å². The second-order valence-electron chi connectivity index (χ2n) is 7.46. The zero-order chi connectivity index (χ0) is 19.8. The zero-order valence-corrected chi connectivity index (χ0v) is 15.6. The minimum Gasteiger partial charge on any atom is -0.394 e. The molecule has 0 aliphatic carbocycles. The Morgan fingerprint density at radius 1 is 0.964 bits per heavy atom. The highest BCUT2D eigenvalue weighted by Crippen LogP contribution is 2.34. The lowest BCUT2D eigenvalue weighted by atomic mass is 9.98. The molecular weight excluding hydrogens is 358 g/mol. The standard InChI is InChI=1S/C22H25NO5/c1-13-7-8-16-15(10-14-5-3-2-4-6-14)11-23(17(16)9-13)22-21(27)20(26)19(25)18(12-24)28-22/h2-9,11,18-22,24-27H,10,12H2,1H3/t18-,19-,20+,21-,22-/m1/s1. The first kappa shape index (κ1) is 19.1. The van der Waals surface area contributed by atoms with Crippen LogP contribution in [0.2, 0.25) is 0 Å². The molecule has 0 bridgehead atoms. The van der Waals surface area contributed by atoms with Gasteiger partial charge in [-0.2, -0.15) is 0 Å². The number of hydrogen-bond acceptors (Lipinski definition) is 5. The van der Waals surface area contributed by atoms with Gasteiger partial charge < -0.3 is 29.7 Å². The van der Waals surface area contributed by atoms with Gasteiger partial charge in [0.2, 0.25) is 0 Å². The van der Waals surface area contributed by atoms with Gasteiger partial charge in [0.25, 0.3) is 0 Å². The van der Waals surface area contributed by atoms with Crippen molar-refractivity contribution in [1.29, 1.82) is 0 Å². The van der Waals surface area contributed by atoms with Crippen molar-refractivity contribution < 1.29 is 25.2 Å². The van der Waals surface area contributed by atoms with E-state index in [1.165, 1.54) is 0 Å². The van der Waals surface area contributed by atoms with Crippen LogP contribution < -0.4 is 0 Å². The maximum absolute atomic E-state index is 10.6. The molecule has 0 radical (unpaired) electrons. The first-order valence-electron chi connectivity index (χ1n) is 9.44. The van der Waals surface area contributed by atoms with Crippen molar-refractivity contribution in [3.05, 3.63) is 71.4 Å². The fraction of sp³-hybridized carbons (Fsp3) is 0.364. The predicted octanol–water partition coefficient (Wildman–Crippen LogP) is 1.51. The molecule has 1 saturated heterocycles. The molecule has 1 aliphatic rings. The van der Waals surface area contributed by atoms with E-state index in [-0.39, 0.29) is 0 Å². The molecule has 1 fully saturated rings. The van der Waals surface area contributed by atoms with Crippen molar-refractivity contribution in [2.45, 2.75) is 44.0 Å². The van der Waals surface area contributed by atoms with Crippen molar-refractivity contribution in [2.75, 3.05) is 6.61 Å². The molecule has 6 heteroatoms. The van der Waals surface area contributed by atoms with Crippen LogP contribution in [0.3, 0.4) is 0 Å². The molecule has 6 nitrogen and oxygen atoms in total. The first-order valence-corrected chi connectivity index (χ1v) is 9.44. The highest BCUT2D eigenvalue weighted by molar-refractivity contribution is 5.85. The van der Waals surface area contributed by atoms with Gasteiger partial charge in [0, 0.05) is 11.6 Å². The number of aryl methyl sites for hydroxylation is 1. The van der Waals surface area contributed by atoms with E-state index in [0.717, 1.165) is 27.6 Å². The van der Waals surface area contributed by atoms with Gasteiger partial charge in [0.15, 0.2) is 6.23 Å². The summed E-state index contributed by atoms with van der Waals surface area (Å²) in [4.78, 5) is 0. The van der Waals surface area contributed by atoms with E-state index in [9.17, 15) is 20.4 Å². The van der Waals surface area contributed by atoms with Crippen LogP contribution in [-0.2, 0) is 11.2 Å². The van der Waals surface area contributed by atoms with Crippen LogP contribution in [0, 0.1) is 6.92 Å². The van der Waals surface area contributed by atoms with E-state index >= 15 is 0 Å². The lowest BCUT2D eigenvalue weighted by Crippen LogP contribution is -2.56. The third-order valence-corrected chi connectivity index (χ3v) is 5.45. The number of aliphatic hydroxyl groups is 4. The number of hydrogen-bond donors (Lipinski definition) is 4. The minimum absolute atomic E-state index is 0.448. The normalized spacial score (nSPS) is 28.0. The van der Waals surface area contributed by atoms with Crippen LogP contribution in [0.5, 0.6) is 0 Å². The fourth-order valence-electron chi connectivity index (χ4n) is 3.91. The Balaban J connectivity index is 1.79. The van der Waals surface area contributed by atoms with Gasteiger partial charge in [-0.25, -0.2) is 0 Å². The van der Waals surface area contributed by atoms with Crippen molar-refractivity contribution in [3.8, 4) is 0 Å². The molecule has 2 aromatic carbocycles. The minimum atomic E-state index is -1.41. The van der Waals surface area contributed by atoms with E-state index in [4.69, 9.17) is 4.74 Å². The average Bonchev–Trinajstić information content (AvgIpc) is 3.04. The van der Waals surface area contributed by atoms with Crippen LogP contribution >= 0.6 is 0 Å². The molecule has 4 N–H and O–H groups in total. The molecule has 148 valence electrons. The summed E-state index contributed by atoms with van der Waals surface area (Å²) < 4.78 is 7.58. The molecule has 28 heavy (non-hydrogen) atoms. The summed E-state index contributed by atoms with van der Waals surface area (Å²) in [5, 5.41) is 41.4. The summed E-state index contributed by atoms with van der Waals surface area (Å²) in [6.45, 7) is 1.54. The van der Waals surface area contributed by atoms with E-state index < -0.39 is 37.3 Å². The zero-order valence-electron chi connectivity index (χ0n) is 15.6. The Hall–Kier alpha value is -2.22. The van der Waals surface area contributed by atoms with E-state index in [1.54, 1.807) is 4.57 Å². The molecule has 2 heterocycles. The number of ether oxygens (including phenoxy) is 1. The maximum Gasteiger partial charge on any atom is 0.163 e. The van der Waals surface area contributed by atoms with Crippen LogP contribution in [0.25, 0.3) is 10.9 Å². The summed E-state index contributed by atoms with van der Waals surface area (Å²) in [6, 6.07) is 16.2. The molecule has 0 saturated carbocycles. The number of rotatable bonds is 4. The second kappa shape index (κ2) is 7.66. The lowest BCUT2D eigenvalue weighted by molar-refractivity contribution is -0.250. The predicted molar refractivity (Wildman–Crippen MR) is 105 cm³/mol. The Morgan fingerprint density at radius 3 is 2.43 bits per heavy atom. The van der Waals surface area contributed by atoms with Crippen LogP contribution in [0.4, 0.5) is 0 Å². The second-order valence-corrected chi connectivity index (χ2v) is 7.46. The Bertz CT molecular complexity index is 952. The van der Waals surface area contributed by atoms with Gasteiger partial charge in [0.1, 0.15) is 24.4 Å². The summed E-state index contributed by atoms with van der Waals surface area (Å²) >= 11 is 0. The molecule has 3 aromatic rings. The fourth-order valence-corrected chi connectivity index (χ4v) is 3.91. The number of fused-ring (bicyclic) bond motifs is 1. The Morgan fingerprint density at radius 2 is 1.71 bits per heavy atom. The molecule has 4 rings (SSSR count). The largest absolute Gasteiger partial charge is 0.394 e. The van der Waals surface area contributed by atoms with Gasteiger partial charge in [-0.15, -0.1) is 0 Å². The summed E-state index contributed by atoms with van der Waals surface area (Å²) in [7, 11) is 0. The lowest BCUT2D eigenvalue weighted by Gasteiger charge is -2.40. The van der Waals surface area contributed by atoms with Crippen LogP contribution in [-0.4, -0.2) is 56.0 Å². The highest BCUT2D eigenvalue weighted by atomic mass is 16.6. The van der Waals surface area contributed by atoms with E-state index in [2.05, 4.69) is 12.1 Å². The Kier molecular flexibility index (Phi) is 5.23. The van der Waals surface area contributed by atoms with Crippen LogP contribution in [0.15, 0.2) is 54.7 Å². The van der Waals surface area contributed by atoms with Gasteiger partial charge in [-0.3, -0.25) is 0 Å². The van der Waals surface area contributed by atoms with Gasteiger partial charge in [-0.1, -0.05) is 42.5 Å². The number of nitrogens with zero attached hydrogens (tertiary/aromatic N) is 1. The molecule has 0 unspecified atom stereocenters. The maximum atomic E-state index is 10.6. The molecular formula is C22H25NO5. The molecule has 0 spiro atoms. The van der Waals surface area contributed by atoms with Crippen molar-refractivity contribution in [3.63, 3.8) is 0 Å². The van der Waals surface area contributed by atoms with Crippen LogP contribution in [0.1, 0.15) is 22.9 Å². The molecule has 1 aliphatic heterocycles. The van der Waals surface area contributed by atoms with E-state index in [1.807, 2.05) is 49.5 Å². The topological polar surface area (TPSA) is 95.1 Å². The average molecular weight is 383 g/mol.